The molecule has 0 spiro atoms. The maximum absolute atomic E-state index is 11.1. The van der Waals surface area contributed by atoms with Crippen LogP contribution in [0.1, 0.15) is 17.2 Å². The van der Waals surface area contributed by atoms with Crippen molar-refractivity contribution in [2.45, 2.75) is 19.0 Å². The van der Waals surface area contributed by atoms with Crippen molar-refractivity contribution in [1.29, 1.82) is 0 Å². The van der Waals surface area contributed by atoms with Gasteiger partial charge in [-0.05, 0) is 36.4 Å². The van der Waals surface area contributed by atoms with Crippen LogP contribution in [-0.4, -0.2) is 24.2 Å². The number of fused-ring (bicyclic) bond motifs is 1. The van der Waals surface area contributed by atoms with Crippen LogP contribution in [0.15, 0.2) is 36.4 Å². The molecule has 0 amide bonds. The molecular formula is C15H18N2O2. The van der Waals surface area contributed by atoms with Crippen molar-refractivity contribution in [3.05, 3.63) is 47.5 Å². The van der Waals surface area contributed by atoms with Gasteiger partial charge < -0.3 is 16.2 Å². The SMILES string of the molecule is CNC(C(=O)O)C(N)c1ccc2cc(C)ccc2c1. The molecule has 2 atom stereocenters. The summed E-state index contributed by atoms with van der Waals surface area (Å²) < 4.78 is 0. The van der Waals surface area contributed by atoms with Crippen LogP contribution < -0.4 is 11.1 Å². The van der Waals surface area contributed by atoms with Crippen LogP contribution in [-0.2, 0) is 4.79 Å². The lowest BCUT2D eigenvalue weighted by Gasteiger charge is -2.20. The lowest BCUT2D eigenvalue weighted by atomic mass is 9.97. The molecule has 19 heavy (non-hydrogen) atoms. The van der Waals surface area contributed by atoms with Crippen LogP contribution >= 0.6 is 0 Å². The number of nitrogens with one attached hydrogen (secondary N) is 1. The minimum atomic E-state index is -0.945. The van der Waals surface area contributed by atoms with Crippen LogP contribution in [0.3, 0.4) is 0 Å². The number of hydrogen-bond donors (Lipinski definition) is 3. The summed E-state index contributed by atoms with van der Waals surface area (Å²) in [6, 6.07) is 10.6. The Morgan fingerprint density at radius 2 is 1.84 bits per heavy atom. The first-order chi connectivity index (χ1) is 9.02. The van der Waals surface area contributed by atoms with Gasteiger partial charge in [0.1, 0.15) is 6.04 Å². The molecule has 2 unspecified atom stereocenters. The molecule has 2 aromatic rings. The largest absolute Gasteiger partial charge is 0.480 e. The summed E-state index contributed by atoms with van der Waals surface area (Å²) in [7, 11) is 1.60. The molecule has 4 N–H and O–H groups in total. The van der Waals surface area contributed by atoms with E-state index in [9.17, 15) is 4.79 Å². The average Bonchev–Trinajstić information content (AvgIpc) is 2.38. The monoisotopic (exact) mass is 258 g/mol. The molecule has 0 aliphatic rings. The summed E-state index contributed by atoms with van der Waals surface area (Å²) >= 11 is 0. The van der Waals surface area contributed by atoms with Crippen molar-refractivity contribution in [2.75, 3.05) is 7.05 Å². The average molecular weight is 258 g/mol. The van der Waals surface area contributed by atoms with Crippen molar-refractivity contribution in [3.8, 4) is 0 Å². The Kier molecular flexibility index (Phi) is 3.83. The lowest BCUT2D eigenvalue weighted by molar-refractivity contribution is -0.139. The number of carbonyl (C=O) groups is 1. The van der Waals surface area contributed by atoms with E-state index in [2.05, 4.69) is 11.4 Å². The van der Waals surface area contributed by atoms with Crippen molar-refractivity contribution in [2.24, 2.45) is 5.73 Å². The van der Waals surface area contributed by atoms with E-state index in [0.29, 0.717) is 0 Å². The molecule has 0 bridgehead atoms. The van der Waals surface area contributed by atoms with E-state index in [1.807, 2.05) is 37.3 Å². The molecule has 4 heteroatoms. The van der Waals surface area contributed by atoms with Gasteiger partial charge in [-0.2, -0.15) is 0 Å². The first-order valence-corrected chi connectivity index (χ1v) is 6.19. The molecule has 0 heterocycles. The van der Waals surface area contributed by atoms with Crippen LogP contribution in [0.5, 0.6) is 0 Å². The third kappa shape index (κ3) is 2.75. The third-order valence-corrected chi connectivity index (χ3v) is 3.34. The van der Waals surface area contributed by atoms with Gasteiger partial charge in [0.2, 0.25) is 0 Å². The highest BCUT2D eigenvalue weighted by Crippen LogP contribution is 2.22. The van der Waals surface area contributed by atoms with Crippen LogP contribution in [0.25, 0.3) is 10.8 Å². The Morgan fingerprint density at radius 3 is 2.47 bits per heavy atom. The maximum Gasteiger partial charge on any atom is 0.322 e. The Hall–Kier alpha value is -1.91. The van der Waals surface area contributed by atoms with Gasteiger partial charge in [-0.15, -0.1) is 0 Å². The second-order valence-electron chi connectivity index (χ2n) is 4.74. The molecule has 0 fully saturated rings. The number of aryl methyl sites for hydroxylation is 1. The maximum atomic E-state index is 11.1. The number of aliphatic carboxylic acids is 1. The van der Waals surface area contributed by atoms with E-state index >= 15 is 0 Å². The number of hydrogen-bond acceptors (Lipinski definition) is 3. The molecule has 0 saturated heterocycles. The number of rotatable bonds is 4. The van der Waals surface area contributed by atoms with E-state index in [0.717, 1.165) is 16.3 Å². The molecular weight excluding hydrogens is 240 g/mol. The van der Waals surface area contributed by atoms with Gasteiger partial charge in [-0.1, -0.05) is 35.9 Å². The number of carboxylic acids is 1. The highest BCUT2D eigenvalue weighted by Gasteiger charge is 2.24. The Bertz CT molecular complexity index is 610. The quantitative estimate of drug-likeness (QED) is 0.782. The molecule has 0 aromatic heterocycles. The fourth-order valence-corrected chi connectivity index (χ4v) is 2.24. The third-order valence-electron chi connectivity index (χ3n) is 3.34. The minimum Gasteiger partial charge on any atom is -0.480 e. The Labute approximate surface area is 112 Å². The van der Waals surface area contributed by atoms with E-state index in [1.165, 1.54) is 5.56 Å². The molecule has 2 rings (SSSR count). The summed E-state index contributed by atoms with van der Waals surface area (Å²) in [5, 5.41) is 14.0. The van der Waals surface area contributed by atoms with Gasteiger partial charge in [0, 0.05) is 0 Å². The molecule has 0 saturated carbocycles. The van der Waals surface area contributed by atoms with Gasteiger partial charge >= 0.3 is 5.97 Å². The van der Waals surface area contributed by atoms with Gasteiger partial charge in [0.25, 0.3) is 0 Å². The van der Waals surface area contributed by atoms with Crippen LogP contribution in [0.4, 0.5) is 0 Å². The fraction of sp³-hybridized carbons (Fsp3) is 0.267. The Balaban J connectivity index is 2.40. The van der Waals surface area contributed by atoms with Gasteiger partial charge in [-0.25, -0.2) is 0 Å². The standard InChI is InChI=1S/C15H18N2O2/c1-9-3-4-11-8-12(6-5-10(11)7-9)13(16)14(17-2)15(18)19/h3-8,13-14,17H,16H2,1-2H3,(H,18,19). The second kappa shape index (κ2) is 5.38. The zero-order valence-corrected chi connectivity index (χ0v) is 11.1. The normalized spacial score (nSPS) is 14.3. The summed E-state index contributed by atoms with van der Waals surface area (Å²) in [5.41, 5.74) is 8.04. The van der Waals surface area contributed by atoms with Crippen LogP contribution in [0.2, 0.25) is 0 Å². The van der Waals surface area contributed by atoms with Crippen molar-refractivity contribution in [1.82, 2.24) is 5.32 Å². The summed E-state index contributed by atoms with van der Waals surface area (Å²) in [6.07, 6.45) is 0. The highest BCUT2D eigenvalue weighted by molar-refractivity contribution is 5.84. The summed E-state index contributed by atoms with van der Waals surface area (Å²) in [5.74, 6) is -0.945. The Morgan fingerprint density at radius 1 is 1.21 bits per heavy atom. The summed E-state index contributed by atoms with van der Waals surface area (Å²) in [6.45, 7) is 2.04. The van der Waals surface area contributed by atoms with E-state index < -0.39 is 18.1 Å². The molecule has 0 aliphatic carbocycles. The smallest absolute Gasteiger partial charge is 0.322 e. The predicted molar refractivity (Wildman–Crippen MR) is 76.1 cm³/mol. The fourth-order valence-electron chi connectivity index (χ4n) is 2.24. The van der Waals surface area contributed by atoms with E-state index in [-0.39, 0.29) is 0 Å². The second-order valence-corrected chi connectivity index (χ2v) is 4.74. The molecule has 0 aliphatic heterocycles. The first-order valence-electron chi connectivity index (χ1n) is 6.19. The number of carboxylic acid groups (broad SMARTS) is 1. The lowest BCUT2D eigenvalue weighted by Crippen LogP contribution is -2.43. The zero-order chi connectivity index (χ0) is 14.0. The van der Waals surface area contributed by atoms with Gasteiger partial charge in [0.15, 0.2) is 0 Å². The van der Waals surface area contributed by atoms with Crippen molar-refractivity contribution < 1.29 is 9.90 Å². The van der Waals surface area contributed by atoms with Crippen molar-refractivity contribution in [3.63, 3.8) is 0 Å². The van der Waals surface area contributed by atoms with E-state index in [4.69, 9.17) is 10.8 Å². The molecule has 2 aromatic carbocycles. The predicted octanol–water partition coefficient (Wildman–Crippen LogP) is 1.82. The molecule has 100 valence electrons. The van der Waals surface area contributed by atoms with Gasteiger partial charge in [0.05, 0.1) is 6.04 Å². The number of nitrogens with two attached hydrogens (primary N) is 1. The first kappa shape index (κ1) is 13.5. The van der Waals surface area contributed by atoms with E-state index in [1.54, 1.807) is 7.05 Å². The van der Waals surface area contributed by atoms with Gasteiger partial charge in [-0.3, -0.25) is 4.79 Å². The zero-order valence-electron chi connectivity index (χ0n) is 11.1. The molecule has 4 nitrogen and oxygen atoms in total. The topological polar surface area (TPSA) is 75.3 Å². The van der Waals surface area contributed by atoms with Crippen LogP contribution in [0, 0.1) is 6.92 Å². The molecule has 0 radical (unpaired) electrons. The summed E-state index contributed by atoms with van der Waals surface area (Å²) in [4.78, 5) is 11.1. The van der Waals surface area contributed by atoms with Crippen molar-refractivity contribution >= 4 is 16.7 Å². The number of likely N-dealkylation sites (N-methyl/N-ethyl adjacent to an activating group) is 1. The highest BCUT2D eigenvalue weighted by atomic mass is 16.4. The number of benzene rings is 2. The minimum absolute atomic E-state index is 0.576.